The molecule has 0 radical (unpaired) electrons. The topological polar surface area (TPSA) is 47.6 Å². The van der Waals surface area contributed by atoms with E-state index in [4.69, 9.17) is 9.47 Å². The number of aryl methyl sites for hydroxylation is 1. The maximum absolute atomic E-state index is 12.9. The number of hydrogen-bond donors (Lipinski definition) is 1. The van der Waals surface area contributed by atoms with Crippen LogP contribution in [0.4, 0.5) is 0 Å². The van der Waals surface area contributed by atoms with Crippen LogP contribution in [0.2, 0.25) is 0 Å². The fraction of sp³-hybridized carbons (Fsp3) is 0.500. The van der Waals surface area contributed by atoms with Gasteiger partial charge in [-0.05, 0) is 61.8 Å². The van der Waals surface area contributed by atoms with E-state index in [1.54, 1.807) is 18.4 Å². The van der Waals surface area contributed by atoms with Crippen molar-refractivity contribution in [3.63, 3.8) is 0 Å². The molecule has 1 N–H and O–H groups in total. The highest BCUT2D eigenvalue weighted by molar-refractivity contribution is 7.14. The number of carbonyl (C=O) groups is 1. The summed E-state index contributed by atoms with van der Waals surface area (Å²) in [5.41, 5.74) is 3.62. The van der Waals surface area contributed by atoms with Crippen LogP contribution in [0, 0.1) is 18.8 Å². The lowest BCUT2D eigenvalue weighted by Gasteiger charge is -2.14. The first-order valence-corrected chi connectivity index (χ1v) is 10.4. The van der Waals surface area contributed by atoms with Gasteiger partial charge in [0.1, 0.15) is 11.5 Å². The molecule has 0 unspecified atom stereocenters. The molecule has 1 aromatic carbocycles. The van der Waals surface area contributed by atoms with E-state index < -0.39 is 0 Å². The SMILES string of the molecule is CCOc1ccc(CNC(=O)c2sc(C)c3c2C[C@@H](C(C)C)C3)c(OC)c1. The lowest BCUT2D eigenvalue weighted by atomic mass is 9.93. The Bertz CT molecular complexity index is 825. The van der Waals surface area contributed by atoms with Crippen molar-refractivity contribution in [2.75, 3.05) is 13.7 Å². The molecule has 1 aromatic heterocycles. The smallest absolute Gasteiger partial charge is 0.261 e. The number of thiophene rings is 1. The minimum atomic E-state index is 0.0182. The summed E-state index contributed by atoms with van der Waals surface area (Å²) in [5, 5.41) is 3.08. The molecule has 0 fully saturated rings. The first kappa shape index (κ1) is 19.7. The summed E-state index contributed by atoms with van der Waals surface area (Å²) in [4.78, 5) is 15.0. The van der Waals surface area contributed by atoms with Crippen molar-refractivity contribution in [2.24, 2.45) is 11.8 Å². The Morgan fingerprint density at radius 3 is 2.70 bits per heavy atom. The predicted octanol–water partition coefficient (Wildman–Crippen LogP) is 4.76. The summed E-state index contributed by atoms with van der Waals surface area (Å²) >= 11 is 1.63. The van der Waals surface area contributed by atoms with Crippen molar-refractivity contribution in [3.05, 3.63) is 44.6 Å². The van der Waals surface area contributed by atoms with Gasteiger partial charge in [-0.1, -0.05) is 13.8 Å². The number of nitrogens with one attached hydrogen (secondary N) is 1. The van der Waals surface area contributed by atoms with Gasteiger partial charge in [-0.25, -0.2) is 0 Å². The highest BCUT2D eigenvalue weighted by Crippen LogP contribution is 2.40. The zero-order valence-electron chi connectivity index (χ0n) is 16.8. The number of methoxy groups -OCH3 is 1. The van der Waals surface area contributed by atoms with Crippen LogP contribution >= 0.6 is 11.3 Å². The third-order valence-corrected chi connectivity index (χ3v) is 6.60. The highest BCUT2D eigenvalue weighted by Gasteiger charge is 2.31. The number of fused-ring (bicyclic) bond motifs is 1. The van der Waals surface area contributed by atoms with Gasteiger partial charge in [-0.2, -0.15) is 0 Å². The molecule has 4 nitrogen and oxygen atoms in total. The van der Waals surface area contributed by atoms with E-state index >= 15 is 0 Å². The zero-order chi connectivity index (χ0) is 19.6. The van der Waals surface area contributed by atoms with Crippen LogP contribution in [0.25, 0.3) is 0 Å². The third-order valence-electron chi connectivity index (χ3n) is 5.41. The standard InChI is InChI=1S/C22H29NO3S/c1-6-26-17-8-7-15(20(11-17)25-5)12-23-22(24)21-19-10-16(13(2)3)9-18(19)14(4)27-21/h7-8,11,13,16H,6,9-10,12H2,1-5H3,(H,23,24)/t16-/m0/s1. The molecule has 0 saturated carbocycles. The largest absolute Gasteiger partial charge is 0.496 e. The third kappa shape index (κ3) is 4.13. The second kappa shape index (κ2) is 8.34. The maximum Gasteiger partial charge on any atom is 0.261 e. The molecule has 2 aromatic rings. The monoisotopic (exact) mass is 387 g/mol. The fourth-order valence-corrected chi connectivity index (χ4v) is 4.87. The van der Waals surface area contributed by atoms with E-state index in [1.165, 1.54) is 16.0 Å². The van der Waals surface area contributed by atoms with Crippen molar-refractivity contribution in [1.29, 1.82) is 0 Å². The molecule has 5 heteroatoms. The minimum absolute atomic E-state index is 0.0182. The van der Waals surface area contributed by atoms with Crippen LogP contribution in [0.1, 0.15) is 52.0 Å². The second-order valence-corrected chi connectivity index (χ2v) is 8.67. The Kier molecular flexibility index (Phi) is 6.10. The predicted molar refractivity (Wildman–Crippen MR) is 110 cm³/mol. The quantitative estimate of drug-likeness (QED) is 0.745. The normalized spacial score (nSPS) is 15.7. The fourth-order valence-electron chi connectivity index (χ4n) is 3.74. The Hall–Kier alpha value is -2.01. The Morgan fingerprint density at radius 1 is 1.30 bits per heavy atom. The van der Waals surface area contributed by atoms with Gasteiger partial charge in [-0.3, -0.25) is 4.79 Å². The van der Waals surface area contributed by atoms with Gasteiger partial charge in [-0.15, -0.1) is 11.3 Å². The Morgan fingerprint density at radius 2 is 2.04 bits per heavy atom. The van der Waals surface area contributed by atoms with Crippen molar-refractivity contribution in [2.45, 2.75) is 47.1 Å². The van der Waals surface area contributed by atoms with Gasteiger partial charge in [0, 0.05) is 23.1 Å². The van der Waals surface area contributed by atoms with E-state index in [-0.39, 0.29) is 5.91 Å². The number of amides is 1. The molecule has 0 spiro atoms. The van der Waals surface area contributed by atoms with Crippen LogP contribution in [0.5, 0.6) is 11.5 Å². The number of hydrogen-bond acceptors (Lipinski definition) is 4. The lowest BCUT2D eigenvalue weighted by Crippen LogP contribution is -2.23. The molecule has 1 amide bonds. The van der Waals surface area contributed by atoms with Gasteiger partial charge >= 0.3 is 0 Å². The molecule has 0 saturated heterocycles. The molecule has 1 atom stereocenters. The van der Waals surface area contributed by atoms with Gasteiger partial charge in [0.25, 0.3) is 5.91 Å². The van der Waals surface area contributed by atoms with Crippen molar-refractivity contribution in [3.8, 4) is 11.5 Å². The van der Waals surface area contributed by atoms with E-state index in [0.29, 0.717) is 25.0 Å². The Balaban J connectivity index is 1.72. The van der Waals surface area contributed by atoms with Crippen LogP contribution < -0.4 is 14.8 Å². The van der Waals surface area contributed by atoms with Crippen LogP contribution in [0.3, 0.4) is 0 Å². The average Bonchev–Trinajstić information content (AvgIpc) is 3.21. The minimum Gasteiger partial charge on any atom is -0.496 e. The molecule has 1 aliphatic rings. The van der Waals surface area contributed by atoms with Crippen molar-refractivity contribution >= 4 is 17.2 Å². The van der Waals surface area contributed by atoms with Crippen LogP contribution in [-0.2, 0) is 19.4 Å². The van der Waals surface area contributed by atoms with Crippen LogP contribution in [-0.4, -0.2) is 19.6 Å². The van der Waals surface area contributed by atoms with E-state index in [9.17, 15) is 4.79 Å². The molecule has 0 bridgehead atoms. The van der Waals surface area contributed by atoms with Gasteiger partial charge in [0.05, 0.1) is 18.6 Å². The molecule has 27 heavy (non-hydrogen) atoms. The molecule has 1 heterocycles. The first-order valence-electron chi connectivity index (χ1n) is 9.63. The molecule has 0 aliphatic heterocycles. The van der Waals surface area contributed by atoms with E-state index in [1.807, 2.05) is 25.1 Å². The number of benzene rings is 1. The summed E-state index contributed by atoms with van der Waals surface area (Å²) in [6, 6.07) is 5.72. The molecule has 3 rings (SSSR count). The lowest BCUT2D eigenvalue weighted by molar-refractivity contribution is 0.0954. The molecular formula is C22H29NO3S. The molecular weight excluding hydrogens is 358 g/mol. The summed E-state index contributed by atoms with van der Waals surface area (Å²) in [5.74, 6) is 2.82. The zero-order valence-corrected chi connectivity index (χ0v) is 17.7. The number of ether oxygens (including phenoxy) is 2. The van der Waals surface area contributed by atoms with Crippen molar-refractivity contribution < 1.29 is 14.3 Å². The van der Waals surface area contributed by atoms with E-state index in [0.717, 1.165) is 34.8 Å². The Labute approximate surface area is 165 Å². The first-order chi connectivity index (χ1) is 12.9. The highest BCUT2D eigenvalue weighted by atomic mass is 32.1. The summed E-state index contributed by atoms with van der Waals surface area (Å²) in [7, 11) is 1.64. The van der Waals surface area contributed by atoms with Gasteiger partial charge in [0.2, 0.25) is 0 Å². The van der Waals surface area contributed by atoms with Gasteiger partial charge < -0.3 is 14.8 Å². The molecule has 1 aliphatic carbocycles. The van der Waals surface area contributed by atoms with Crippen molar-refractivity contribution in [1.82, 2.24) is 5.32 Å². The summed E-state index contributed by atoms with van der Waals surface area (Å²) in [6.07, 6.45) is 2.13. The van der Waals surface area contributed by atoms with E-state index in [2.05, 4.69) is 26.1 Å². The summed E-state index contributed by atoms with van der Waals surface area (Å²) < 4.78 is 11.0. The van der Waals surface area contributed by atoms with Gasteiger partial charge in [0.15, 0.2) is 0 Å². The summed E-state index contributed by atoms with van der Waals surface area (Å²) in [6.45, 7) is 9.68. The number of rotatable bonds is 7. The van der Waals surface area contributed by atoms with Crippen LogP contribution in [0.15, 0.2) is 18.2 Å². The number of carbonyl (C=O) groups excluding carboxylic acids is 1. The average molecular weight is 388 g/mol. The maximum atomic E-state index is 12.9. The second-order valence-electron chi connectivity index (χ2n) is 7.45. The molecule has 146 valence electrons.